The summed E-state index contributed by atoms with van der Waals surface area (Å²) >= 11 is 0. The van der Waals surface area contributed by atoms with Crippen molar-refractivity contribution in [3.05, 3.63) is 17.6 Å². The molecule has 2 aromatic heterocycles. The van der Waals surface area contributed by atoms with Crippen LogP contribution in [0.5, 0.6) is 0 Å². The van der Waals surface area contributed by atoms with Gasteiger partial charge in [-0.2, -0.15) is 0 Å². The molecule has 1 N–H and O–H groups in total. The Morgan fingerprint density at radius 1 is 1.24 bits per heavy atom. The predicted octanol–water partition coefficient (Wildman–Crippen LogP) is 0.167. The van der Waals surface area contributed by atoms with Crippen LogP contribution in [-0.4, -0.2) is 54.3 Å². The first-order valence-corrected chi connectivity index (χ1v) is 8.69. The Morgan fingerprint density at radius 3 is 2.72 bits per heavy atom. The molecule has 0 bridgehead atoms. The van der Waals surface area contributed by atoms with E-state index in [1.54, 1.807) is 4.68 Å². The smallest absolute Gasteiger partial charge is 0.242 e. The van der Waals surface area contributed by atoms with E-state index in [1.807, 2.05) is 6.92 Å². The Labute approximate surface area is 146 Å². The van der Waals surface area contributed by atoms with Gasteiger partial charge in [0.15, 0.2) is 5.82 Å². The monoisotopic (exact) mass is 348 g/mol. The van der Waals surface area contributed by atoms with Gasteiger partial charge in [-0.15, -0.1) is 15.3 Å². The molecule has 25 heavy (non-hydrogen) atoms. The number of aromatic nitrogens is 6. The van der Waals surface area contributed by atoms with Crippen LogP contribution < -0.4 is 5.32 Å². The summed E-state index contributed by atoms with van der Waals surface area (Å²) in [6, 6.07) is 0. The van der Waals surface area contributed by atoms with Crippen molar-refractivity contribution in [1.82, 2.24) is 40.6 Å². The third kappa shape index (κ3) is 4.81. The fraction of sp³-hybridized carbons (Fsp3) is 0.733. The van der Waals surface area contributed by atoms with Crippen molar-refractivity contribution in [2.75, 3.05) is 13.1 Å². The highest BCUT2D eigenvalue weighted by Crippen LogP contribution is 2.17. The molecule has 136 valence electrons. The lowest BCUT2D eigenvalue weighted by atomic mass is 9.99. The van der Waals surface area contributed by atoms with E-state index in [2.05, 4.69) is 42.9 Å². The van der Waals surface area contributed by atoms with Gasteiger partial charge in [0.05, 0.1) is 13.1 Å². The predicted molar refractivity (Wildman–Crippen MR) is 87.0 cm³/mol. The molecule has 0 radical (unpaired) electrons. The van der Waals surface area contributed by atoms with Gasteiger partial charge in [-0.25, -0.2) is 4.68 Å². The van der Waals surface area contributed by atoms with Crippen molar-refractivity contribution in [2.45, 2.75) is 52.7 Å². The van der Waals surface area contributed by atoms with E-state index in [0.717, 1.165) is 19.0 Å². The minimum atomic E-state index is -0.197. The SMILES string of the molecule is CCc1nnc(CNC(=O)Cn2nnnc2CN2CCC(C)CC2)o1. The summed E-state index contributed by atoms with van der Waals surface area (Å²) < 4.78 is 6.90. The van der Waals surface area contributed by atoms with Gasteiger partial charge < -0.3 is 9.73 Å². The summed E-state index contributed by atoms with van der Waals surface area (Å²) in [4.78, 5) is 14.4. The first kappa shape index (κ1) is 17.5. The summed E-state index contributed by atoms with van der Waals surface area (Å²) in [5.74, 6) is 2.23. The van der Waals surface area contributed by atoms with Gasteiger partial charge >= 0.3 is 0 Å². The second kappa shape index (κ2) is 8.15. The second-order valence-electron chi connectivity index (χ2n) is 6.43. The number of piperidine rings is 1. The van der Waals surface area contributed by atoms with Crippen LogP contribution in [0.2, 0.25) is 0 Å². The number of rotatable bonds is 7. The van der Waals surface area contributed by atoms with Crippen LogP contribution in [0.15, 0.2) is 4.42 Å². The number of carbonyl (C=O) groups excluding carboxylic acids is 1. The van der Waals surface area contributed by atoms with Gasteiger partial charge in [0.25, 0.3) is 0 Å². The Bertz CT molecular complexity index is 689. The zero-order chi connectivity index (χ0) is 17.6. The molecule has 10 nitrogen and oxygen atoms in total. The van der Waals surface area contributed by atoms with Crippen LogP contribution in [0.25, 0.3) is 0 Å². The van der Waals surface area contributed by atoms with Crippen molar-refractivity contribution < 1.29 is 9.21 Å². The van der Waals surface area contributed by atoms with Crippen LogP contribution in [-0.2, 0) is 30.8 Å². The van der Waals surface area contributed by atoms with Gasteiger partial charge in [-0.1, -0.05) is 13.8 Å². The molecule has 0 saturated carbocycles. The minimum absolute atomic E-state index is 0.0708. The number of nitrogens with one attached hydrogen (secondary N) is 1. The maximum Gasteiger partial charge on any atom is 0.242 e. The molecule has 0 aliphatic carbocycles. The second-order valence-corrected chi connectivity index (χ2v) is 6.43. The van der Waals surface area contributed by atoms with Crippen molar-refractivity contribution >= 4 is 5.91 Å². The fourth-order valence-electron chi connectivity index (χ4n) is 2.75. The highest BCUT2D eigenvalue weighted by Gasteiger charge is 2.19. The molecule has 1 amide bonds. The number of likely N-dealkylation sites (tertiary alicyclic amines) is 1. The van der Waals surface area contributed by atoms with Gasteiger partial charge in [-0.05, 0) is 42.3 Å². The molecular formula is C15H24N8O2. The highest BCUT2D eigenvalue weighted by atomic mass is 16.4. The largest absolute Gasteiger partial charge is 0.423 e. The van der Waals surface area contributed by atoms with Crippen molar-refractivity contribution in [3.8, 4) is 0 Å². The Balaban J connectivity index is 1.49. The molecule has 3 rings (SSSR count). The minimum Gasteiger partial charge on any atom is -0.423 e. The molecule has 3 heterocycles. The summed E-state index contributed by atoms with van der Waals surface area (Å²) in [6.07, 6.45) is 3.04. The van der Waals surface area contributed by atoms with E-state index < -0.39 is 0 Å². The van der Waals surface area contributed by atoms with Crippen LogP contribution in [0.1, 0.15) is 44.3 Å². The lowest BCUT2D eigenvalue weighted by Crippen LogP contribution is -2.34. The first-order valence-electron chi connectivity index (χ1n) is 8.69. The summed E-state index contributed by atoms with van der Waals surface area (Å²) in [7, 11) is 0. The summed E-state index contributed by atoms with van der Waals surface area (Å²) in [5.41, 5.74) is 0. The normalized spacial score (nSPS) is 16.2. The van der Waals surface area contributed by atoms with Crippen LogP contribution >= 0.6 is 0 Å². The van der Waals surface area contributed by atoms with E-state index in [1.165, 1.54) is 12.8 Å². The van der Waals surface area contributed by atoms with E-state index in [4.69, 9.17) is 4.42 Å². The van der Waals surface area contributed by atoms with Crippen molar-refractivity contribution in [1.29, 1.82) is 0 Å². The molecule has 1 saturated heterocycles. The maximum absolute atomic E-state index is 12.1. The molecule has 1 fully saturated rings. The lowest BCUT2D eigenvalue weighted by Gasteiger charge is -2.29. The molecule has 2 aromatic rings. The van der Waals surface area contributed by atoms with Gasteiger partial charge in [-0.3, -0.25) is 9.69 Å². The Morgan fingerprint density at radius 2 is 2.00 bits per heavy atom. The maximum atomic E-state index is 12.1. The molecule has 0 atom stereocenters. The van der Waals surface area contributed by atoms with E-state index >= 15 is 0 Å². The Kier molecular flexibility index (Phi) is 5.69. The molecule has 1 aliphatic heterocycles. The number of hydrogen-bond acceptors (Lipinski definition) is 8. The van der Waals surface area contributed by atoms with E-state index in [9.17, 15) is 4.79 Å². The highest BCUT2D eigenvalue weighted by molar-refractivity contribution is 5.75. The summed E-state index contributed by atoms with van der Waals surface area (Å²) in [6.45, 7) is 7.22. The molecular weight excluding hydrogens is 324 g/mol. The number of hydrogen-bond donors (Lipinski definition) is 1. The van der Waals surface area contributed by atoms with Gasteiger partial charge in [0, 0.05) is 6.42 Å². The standard InChI is InChI=1S/C15H24N8O2/c1-3-14-18-19-15(25-14)8-16-13(24)10-23-12(17-20-21-23)9-22-6-4-11(2)5-7-22/h11H,3-10H2,1-2H3,(H,16,24). The number of carbonyl (C=O) groups is 1. The fourth-order valence-corrected chi connectivity index (χ4v) is 2.75. The van der Waals surface area contributed by atoms with E-state index in [-0.39, 0.29) is 19.0 Å². The lowest BCUT2D eigenvalue weighted by molar-refractivity contribution is -0.122. The average molecular weight is 348 g/mol. The third-order valence-corrected chi connectivity index (χ3v) is 4.39. The van der Waals surface area contributed by atoms with Crippen molar-refractivity contribution in [2.24, 2.45) is 5.92 Å². The molecule has 10 heteroatoms. The molecule has 1 aliphatic rings. The summed E-state index contributed by atoms with van der Waals surface area (Å²) in [5, 5.41) is 22.2. The number of amides is 1. The third-order valence-electron chi connectivity index (χ3n) is 4.39. The zero-order valence-electron chi connectivity index (χ0n) is 14.7. The van der Waals surface area contributed by atoms with Gasteiger partial charge in [0.1, 0.15) is 6.54 Å². The number of tetrazole rings is 1. The number of nitrogens with zero attached hydrogens (tertiary/aromatic N) is 7. The van der Waals surface area contributed by atoms with Crippen molar-refractivity contribution in [3.63, 3.8) is 0 Å². The van der Waals surface area contributed by atoms with Crippen LogP contribution in [0.3, 0.4) is 0 Å². The quantitative estimate of drug-likeness (QED) is 0.753. The molecule has 0 unspecified atom stereocenters. The zero-order valence-corrected chi connectivity index (χ0v) is 14.7. The average Bonchev–Trinajstić information content (AvgIpc) is 3.24. The van der Waals surface area contributed by atoms with Crippen LogP contribution in [0.4, 0.5) is 0 Å². The first-order chi connectivity index (χ1) is 12.1. The van der Waals surface area contributed by atoms with E-state index in [0.29, 0.717) is 30.6 Å². The van der Waals surface area contributed by atoms with Gasteiger partial charge in [0.2, 0.25) is 17.7 Å². The van der Waals surface area contributed by atoms with Crippen LogP contribution in [0, 0.1) is 5.92 Å². The topological polar surface area (TPSA) is 115 Å². The molecule has 0 aromatic carbocycles. The molecule has 0 spiro atoms. The Hall–Kier alpha value is -2.36. The number of aryl methyl sites for hydroxylation is 1.